The molecule has 9 atom stereocenters. The second-order valence-electron chi connectivity index (χ2n) is 10.1. The van der Waals surface area contributed by atoms with Crippen LogP contribution >= 0.6 is 0 Å². The first-order valence-corrected chi connectivity index (χ1v) is 10.5. The van der Waals surface area contributed by atoms with Crippen LogP contribution in [0, 0.1) is 29.1 Å². The van der Waals surface area contributed by atoms with E-state index in [-0.39, 0.29) is 29.9 Å². The van der Waals surface area contributed by atoms with E-state index in [0.29, 0.717) is 24.0 Å². The Morgan fingerprint density at radius 3 is 2.88 bits per heavy atom. The number of hydrogen-bond acceptors (Lipinski definition) is 5. The zero-order valence-corrected chi connectivity index (χ0v) is 14.9. The van der Waals surface area contributed by atoms with Crippen molar-refractivity contribution in [1.82, 2.24) is 4.90 Å². The molecule has 3 N–H and O–H groups in total. The fourth-order valence-corrected chi connectivity index (χ4v) is 8.46. The SMILES string of the molecule is OC1=C2O[C@H]3[C@@H](O)CC4C[C@]35C2C(C=C1)C[C@H]1N(CC2CCC2)C4[C@@]15O. The molecule has 6 fully saturated rings. The maximum atomic E-state index is 12.1. The van der Waals surface area contributed by atoms with Crippen molar-refractivity contribution in [2.24, 2.45) is 29.1 Å². The van der Waals surface area contributed by atoms with Gasteiger partial charge in [-0.1, -0.05) is 12.5 Å². The van der Waals surface area contributed by atoms with Gasteiger partial charge in [-0.2, -0.15) is 0 Å². The van der Waals surface area contributed by atoms with E-state index in [1.165, 1.54) is 19.3 Å². The third-order valence-electron chi connectivity index (χ3n) is 9.37. The smallest absolute Gasteiger partial charge is 0.153 e. The van der Waals surface area contributed by atoms with Gasteiger partial charge >= 0.3 is 0 Å². The van der Waals surface area contributed by atoms with E-state index < -0.39 is 17.1 Å². The van der Waals surface area contributed by atoms with Crippen LogP contribution in [0.1, 0.15) is 38.5 Å². The molecule has 5 heteroatoms. The summed E-state index contributed by atoms with van der Waals surface area (Å²) in [5, 5.41) is 33.5. The molecular formula is C21H27NO4. The average Bonchev–Trinajstić information content (AvgIpc) is 3.02. The number of nitrogens with zero attached hydrogens (tertiary/aromatic N) is 1. The van der Waals surface area contributed by atoms with Crippen LogP contribution in [0.5, 0.6) is 0 Å². The molecule has 2 bridgehead atoms. The largest absolute Gasteiger partial charge is 0.504 e. The topological polar surface area (TPSA) is 73.2 Å². The van der Waals surface area contributed by atoms with Gasteiger partial charge in [0, 0.05) is 24.5 Å². The van der Waals surface area contributed by atoms with Crippen molar-refractivity contribution in [1.29, 1.82) is 0 Å². The predicted octanol–water partition coefficient (Wildman–Crippen LogP) is 1.72. The maximum absolute atomic E-state index is 12.1. The summed E-state index contributed by atoms with van der Waals surface area (Å²) in [6, 6.07) is 0.352. The first-order valence-electron chi connectivity index (χ1n) is 10.5. The van der Waals surface area contributed by atoms with Crippen LogP contribution < -0.4 is 0 Å². The van der Waals surface area contributed by atoms with E-state index in [1.54, 1.807) is 6.08 Å². The number of allylic oxidation sites excluding steroid dienone is 3. The molecule has 0 aromatic carbocycles. The van der Waals surface area contributed by atoms with Crippen LogP contribution in [0.4, 0.5) is 0 Å². The van der Waals surface area contributed by atoms with E-state index in [2.05, 4.69) is 11.0 Å². The maximum Gasteiger partial charge on any atom is 0.153 e. The molecule has 26 heavy (non-hydrogen) atoms. The molecule has 0 aromatic heterocycles. The molecule has 4 unspecified atom stereocenters. The van der Waals surface area contributed by atoms with Crippen LogP contribution in [0.3, 0.4) is 0 Å². The summed E-state index contributed by atoms with van der Waals surface area (Å²) in [4.78, 5) is 2.61. The van der Waals surface area contributed by atoms with Gasteiger partial charge in [0.05, 0.1) is 11.5 Å². The number of aliphatic hydroxyl groups is 3. The number of rotatable bonds is 2. The fraction of sp³-hybridized carbons (Fsp3) is 0.810. The first-order chi connectivity index (χ1) is 12.6. The summed E-state index contributed by atoms with van der Waals surface area (Å²) in [6.45, 7) is 1.11. The first kappa shape index (κ1) is 14.9. The fourth-order valence-electron chi connectivity index (χ4n) is 8.46. The Kier molecular flexibility index (Phi) is 2.49. The highest BCUT2D eigenvalue weighted by Gasteiger charge is 2.86. The van der Waals surface area contributed by atoms with Crippen LogP contribution in [0.2, 0.25) is 0 Å². The molecule has 7 aliphatic rings. The molecule has 7 rings (SSSR count). The lowest BCUT2D eigenvalue weighted by Crippen LogP contribution is -2.83. The number of likely N-dealkylation sites (tertiary alicyclic amines) is 1. The molecule has 5 aliphatic carbocycles. The number of fused-ring (bicyclic) bond motifs is 2. The lowest BCUT2D eigenvalue weighted by Gasteiger charge is -2.68. The van der Waals surface area contributed by atoms with Gasteiger partial charge < -0.3 is 20.1 Å². The second-order valence-corrected chi connectivity index (χ2v) is 10.1. The van der Waals surface area contributed by atoms with Gasteiger partial charge in [0.2, 0.25) is 0 Å². The minimum atomic E-state index is -0.766. The Morgan fingerprint density at radius 1 is 1.27 bits per heavy atom. The highest BCUT2D eigenvalue weighted by atomic mass is 16.5. The average molecular weight is 357 g/mol. The molecule has 1 spiro atoms. The summed E-state index contributed by atoms with van der Waals surface area (Å²) in [5.41, 5.74) is -1.18. The molecule has 0 radical (unpaired) electrons. The van der Waals surface area contributed by atoms with Crippen LogP contribution in [0.25, 0.3) is 0 Å². The summed E-state index contributed by atoms with van der Waals surface area (Å²) in [5.74, 6) is 2.31. The summed E-state index contributed by atoms with van der Waals surface area (Å²) in [7, 11) is 0. The Hall–Kier alpha value is -1.04. The lowest BCUT2D eigenvalue weighted by molar-refractivity contribution is -0.281. The zero-order chi connectivity index (χ0) is 17.4. The molecule has 4 saturated carbocycles. The second kappa shape index (κ2) is 4.34. The van der Waals surface area contributed by atoms with Crippen molar-refractivity contribution in [3.63, 3.8) is 0 Å². The zero-order valence-electron chi connectivity index (χ0n) is 14.9. The van der Waals surface area contributed by atoms with Crippen molar-refractivity contribution >= 4 is 0 Å². The van der Waals surface area contributed by atoms with E-state index in [1.807, 2.05) is 0 Å². The van der Waals surface area contributed by atoms with Gasteiger partial charge in [0.15, 0.2) is 5.76 Å². The lowest BCUT2D eigenvalue weighted by atomic mass is 9.47. The Balaban J connectivity index is 1.39. The Labute approximate surface area is 153 Å². The molecule has 140 valence electrons. The molecule has 2 aliphatic heterocycles. The predicted molar refractivity (Wildman–Crippen MR) is 93.0 cm³/mol. The molecule has 0 aromatic rings. The van der Waals surface area contributed by atoms with E-state index in [0.717, 1.165) is 25.3 Å². The third-order valence-corrected chi connectivity index (χ3v) is 9.37. The number of aliphatic hydroxyl groups excluding tert-OH is 2. The highest BCUT2D eigenvalue weighted by molar-refractivity contribution is 5.44. The van der Waals surface area contributed by atoms with Gasteiger partial charge in [-0.15, -0.1) is 0 Å². The molecule has 0 amide bonds. The van der Waals surface area contributed by atoms with Crippen LogP contribution in [-0.2, 0) is 4.74 Å². The molecule has 2 saturated heterocycles. The highest BCUT2D eigenvalue weighted by Crippen LogP contribution is 2.77. The summed E-state index contributed by atoms with van der Waals surface area (Å²) in [6.07, 6.45) is 9.58. The number of hydrogen-bond donors (Lipinski definition) is 3. The molecule has 5 nitrogen and oxygen atoms in total. The van der Waals surface area contributed by atoms with Crippen molar-refractivity contribution in [3.8, 4) is 0 Å². The minimum Gasteiger partial charge on any atom is -0.504 e. The van der Waals surface area contributed by atoms with E-state index >= 15 is 0 Å². The van der Waals surface area contributed by atoms with Crippen LogP contribution in [-0.4, -0.2) is 56.7 Å². The monoisotopic (exact) mass is 357 g/mol. The Bertz CT molecular complexity index is 759. The molecular weight excluding hydrogens is 330 g/mol. The minimum absolute atomic E-state index is 0.0343. The third kappa shape index (κ3) is 1.31. The molecule has 2 heterocycles. The van der Waals surface area contributed by atoms with Gasteiger partial charge in [-0.3, -0.25) is 4.90 Å². The van der Waals surface area contributed by atoms with E-state index in [9.17, 15) is 15.3 Å². The summed E-state index contributed by atoms with van der Waals surface area (Å²) >= 11 is 0. The van der Waals surface area contributed by atoms with Crippen molar-refractivity contribution in [2.45, 2.75) is 68.4 Å². The quantitative estimate of drug-likeness (QED) is 0.702. The van der Waals surface area contributed by atoms with Gasteiger partial charge in [-0.25, -0.2) is 0 Å². The van der Waals surface area contributed by atoms with E-state index in [4.69, 9.17) is 4.74 Å². The van der Waals surface area contributed by atoms with Gasteiger partial charge in [0.25, 0.3) is 0 Å². The summed E-state index contributed by atoms with van der Waals surface area (Å²) < 4.78 is 6.23. The van der Waals surface area contributed by atoms with Gasteiger partial charge in [0.1, 0.15) is 17.5 Å². The van der Waals surface area contributed by atoms with Crippen LogP contribution in [0.15, 0.2) is 23.7 Å². The normalized spacial score (nSPS) is 58.9. The van der Waals surface area contributed by atoms with Crippen molar-refractivity contribution in [2.75, 3.05) is 6.54 Å². The number of ether oxygens (including phenoxy) is 1. The standard InChI is InChI=1S/C21H27NO4/c23-13-5-4-11-7-15-21(25)18(22(15)9-10-2-1-3-10)12-6-14(24)19-20(21,8-12)16(11)17(13)26-19/h4-5,10-12,14-16,18-19,23-25H,1-3,6-9H2/t11?,12?,14-,15+,16?,18?,19-,20-,21-/m0/s1. The van der Waals surface area contributed by atoms with Crippen molar-refractivity contribution < 1.29 is 20.1 Å². The van der Waals surface area contributed by atoms with Gasteiger partial charge in [-0.05, 0) is 55.9 Å². The Morgan fingerprint density at radius 2 is 2.12 bits per heavy atom. The van der Waals surface area contributed by atoms with Crippen molar-refractivity contribution in [3.05, 3.63) is 23.7 Å².